The topological polar surface area (TPSA) is 80.3 Å². The SMILES string of the molecule is CC(=O)NC(C(=O)Nc1ccc(Oc2cccnc2)c(C)c1)C(C)C. The molecule has 1 atom stereocenters. The highest BCUT2D eigenvalue weighted by Crippen LogP contribution is 2.27. The molecule has 132 valence electrons. The summed E-state index contributed by atoms with van der Waals surface area (Å²) in [6, 6.07) is 8.43. The van der Waals surface area contributed by atoms with Gasteiger partial charge in [-0.3, -0.25) is 14.6 Å². The first kappa shape index (κ1) is 18.4. The van der Waals surface area contributed by atoms with Crippen LogP contribution in [0.15, 0.2) is 42.7 Å². The third kappa shape index (κ3) is 5.31. The molecule has 1 heterocycles. The van der Waals surface area contributed by atoms with E-state index >= 15 is 0 Å². The minimum atomic E-state index is -0.580. The molecule has 0 spiro atoms. The van der Waals surface area contributed by atoms with Gasteiger partial charge in [0.2, 0.25) is 11.8 Å². The highest BCUT2D eigenvalue weighted by atomic mass is 16.5. The van der Waals surface area contributed by atoms with E-state index in [0.29, 0.717) is 17.2 Å². The van der Waals surface area contributed by atoms with E-state index in [-0.39, 0.29) is 17.7 Å². The summed E-state index contributed by atoms with van der Waals surface area (Å²) in [4.78, 5) is 27.7. The normalized spacial score (nSPS) is 11.7. The fourth-order valence-electron chi connectivity index (χ4n) is 2.35. The molecule has 1 unspecified atom stereocenters. The second-order valence-electron chi connectivity index (χ2n) is 6.18. The predicted octanol–water partition coefficient (Wildman–Crippen LogP) is 3.28. The van der Waals surface area contributed by atoms with Crippen molar-refractivity contribution >= 4 is 17.5 Å². The second kappa shape index (κ2) is 8.28. The Labute approximate surface area is 147 Å². The Morgan fingerprint density at radius 3 is 2.52 bits per heavy atom. The molecule has 1 aromatic carbocycles. The lowest BCUT2D eigenvalue weighted by Gasteiger charge is -2.21. The Balaban J connectivity index is 2.09. The zero-order valence-corrected chi connectivity index (χ0v) is 14.9. The monoisotopic (exact) mass is 341 g/mol. The Morgan fingerprint density at radius 2 is 1.96 bits per heavy atom. The lowest BCUT2D eigenvalue weighted by Crippen LogP contribution is -2.46. The van der Waals surface area contributed by atoms with Crippen LogP contribution in [0.2, 0.25) is 0 Å². The van der Waals surface area contributed by atoms with E-state index in [9.17, 15) is 9.59 Å². The number of nitrogens with zero attached hydrogens (tertiary/aromatic N) is 1. The molecular formula is C19H23N3O3. The highest BCUT2D eigenvalue weighted by Gasteiger charge is 2.23. The standard InChI is InChI=1S/C19H23N3O3/c1-12(2)18(21-14(4)23)19(24)22-15-7-8-17(13(3)10-15)25-16-6-5-9-20-11-16/h5-12,18H,1-4H3,(H,21,23)(H,22,24). The first-order chi connectivity index (χ1) is 11.9. The summed E-state index contributed by atoms with van der Waals surface area (Å²) < 4.78 is 5.78. The molecule has 6 nitrogen and oxygen atoms in total. The van der Waals surface area contributed by atoms with Gasteiger partial charge < -0.3 is 15.4 Å². The first-order valence-corrected chi connectivity index (χ1v) is 8.13. The molecule has 2 amide bonds. The molecule has 2 rings (SSSR count). The summed E-state index contributed by atoms with van der Waals surface area (Å²) >= 11 is 0. The lowest BCUT2D eigenvalue weighted by atomic mass is 10.0. The number of carbonyl (C=O) groups excluding carboxylic acids is 2. The average Bonchev–Trinajstić information content (AvgIpc) is 2.55. The Hall–Kier alpha value is -2.89. The third-order valence-electron chi connectivity index (χ3n) is 3.61. The van der Waals surface area contributed by atoms with Crippen LogP contribution in [0.5, 0.6) is 11.5 Å². The van der Waals surface area contributed by atoms with E-state index < -0.39 is 6.04 Å². The summed E-state index contributed by atoms with van der Waals surface area (Å²) in [5, 5.41) is 5.51. The first-order valence-electron chi connectivity index (χ1n) is 8.13. The molecule has 0 fully saturated rings. The summed E-state index contributed by atoms with van der Waals surface area (Å²) in [6.45, 7) is 7.07. The van der Waals surface area contributed by atoms with Crippen LogP contribution in [0.3, 0.4) is 0 Å². The number of amides is 2. The number of anilines is 1. The van der Waals surface area contributed by atoms with Crippen LogP contribution < -0.4 is 15.4 Å². The summed E-state index contributed by atoms with van der Waals surface area (Å²) in [6.07, 6.45) is 3.31. The van der Waals surface area contributed by atoms with E-state index in [1.54, 1.807) is 30.6 Å². The average molecular weight is 341 g/mol. The van der Waals surface area contributed by atoms with Crippen LogP contribution >= 0.6 is 0 Å². The van der Waals surface area contributed by atoms with E-state index in [2.05, 4.69) is 15.6 Å². The number of ether oxygens (including phenoxy) is 1. The van der Waals surface area contributed by atoms with E-state index in [1.807, 2.05) is 32.9 Å². The number of rotatable bonds is 6. The number of pyridine rings is 1. The van der Waals surface area contributed by atoms with Crippen molar-refractivity contribution in [1.29, 1.82) is 0 Å². The van der Waals surface area contributed by atoms with Gasteiger partial charge in [0, 0.05) is 18.8 Å². The summed E-state index contributed by atoms with van der Waals surface area (Å²) in [7, 11) is 0. The van der Waals surface area contributed by atoms with Gasteiger partial charge in [-0.25, -0.2) is 0 Å². The molecule has 0 aliphatic carbocycles. The number of aryl methyl sites for hydroxylation is 1. The molecule has 0 radical (unpaired) electrons. The van der Waals surface area contributed by atoms with Crippen molar-refractivity contribution in [3.8, 4) is 11.5 Å². The predicted molar refractivity (Wildman–Crippen MR) is 96.6 cm³/mol. The molecule has 0 aliphatic heterocycles. The molecule has 25 heavy (non-hydrogen) atoms. The van der Waals surface area contributed by atoms with Crippen LogP contribution in [0, 0.1) is 12.8 Å². The van der Waals surface area contributed by atoms with E-state index in [4.69, 9.17) is 4.74 Å². The van der Waals surface area contributed by atoms with Crippen molar-refractivity contribution in [2.45, 2.75) is 33.7 Å². The number of benzene rings is 1. The van der Waals surface area contributed by atoms with Crippen LogP contribution in [0.1, 0.15) is 26.3 Å². The molecular weight excluding hydrogens is 318 g/mol. The Bertz CT molecular complexity index is 745. The Morgan fingerprint density at radius 1 is 1.20 bits per heavy atom. The fraction of sp³-hybridized carbons (Fsp3) is 0.316. The van der Waals surface area contributed by atoms with Gasteiger partial charge in [0.25, 0.3) is 0 Å². The van der Waals surface area contributed by atoms with Crippen molar-refractivity contribution in [1.82, 2.24) is 10.3 Å². The molecule has 2 N–H and O–H groups in total. The summed E-state index contributed by atoms with van der Waals surface area (Å²) in [5.74, 6) is 0.843. The number of carbonyl (C=O) groups is 2. The van der Waals surface area contributed by atoms with Gasteiger partial charge in [-0.1, -0.05) is 13.8 Å². The van der Waals surface area contributed by atoms with Crippen LogP contribution in [-0.2, 0) is 9.59 Å². The van der Waals surface area contributed by atoms with Crippen LogP contribution in [-0.4, -0.2) is 22.8 Å². The molecule has 2 aromatic rings. The van der Waals surface area contributed by atoms with Gasteiger partial charge in [-0.2, -0.15) is 0 Å². The van der Waals surface area contributed by atoms with Gasteiger partial charge in [-0.05, 0) is 48.7 Å². The van der Waals surface area contributed by atoms with Crippen molar-refractivity contribution < 1.29 is 14.3 Å². The molecule has 0 saturated heterocycles. The van der Waals surface area contributed by atoms with E-state index in [1.165, 1.54) is 6.92 Å². The smallest absolute Gasteiger partial charge is 0.247 e. The molecule has 6 heteroatoms. The van der Waals surface area contributed by atoms with E-state index in [0.717, 1.165) is 5.56 Å². The maximum absolute atomic E-state index is 12.4. The summed E-state index contributed by atoms with van der Waals surface area (Å²) in [5.41, 5.74) is 1.53. The molecule has 1 aromatic heterocycles. The van der Waals surface area contributed by atoms with Gasteiger partial charge in [0.05, 0.1) is 6.20 Å². The van der Waals surface area contributed by atoms with Crippen molar-refractivity contribution in [2.24, 2.45) is 5.92 Å². The van der Waals surface area contributed by atoms with Gasteiger partial charge in [-0.15, -0.1) is 0 Å². The maximum atomic E-state index is 12.4. The van der Waals surface area contributed by atoms with Crippen LogP contribution in [0.4, 0.5) is 5.69 Å². The number of hydrogen-bond donors (Lipinski definition) is 2. The number of aromatic nitrogens is 1. The van der Waals surface area contributed by atoms with Crippen molar-refractivity contribution in [3.05, 3.63) is 48.3 Å². The lowest BCUT2D eigenvalue weighted by molar-refractivity contribution is -0.126. The zero-order chi connectivity index (χ0) is 18.4. The van der Waals surface area contributed by atoms with Crippen molar-refractivity contribution in [2.75, 3.05) is 5.32 Å². The second-order valence-corrected chi connectivity index (χ2v) is 6.18. The highest BCUT2D eigenvalue weighted by molar-refractivity contribution is 5.97. The zero-order valence-electron chi connectivity index (χ0n) is 14.9. The molecule has 0 saturated carbocycles. The van der Waals surface area contributed by atoms with Gasteiger partial charge in [0.1, 0.15) is 17.5 Å². The minimum Gasteiger partial charge on any atom is -0.455 e. The van der Waals surface area contributed by atoms with Crippen molar-refractivity contribution in [3.63, 3.8) is 0 Å². The third-order valence-corrected chi connectivity index (χ3v) is 3.61. The Kier molecular flexibility index (Phi) is 6.11. The van der Waals surface area contributed by atoms with Gasteiger partial charge in [0.15, 0.2) is 0 Å². The quantitative estimate of drug-likeness (QED) is 0.845. The van der Waals surface area contributed by atoms with Gasteiger partial charge >= 0.3 is 0 Å². The number of nitrogens with one attached hydrogen (secondary N) is 2. The minimum absolute atomic E-state index is 0.0156. The fourth-order valence-corrected chi connectivity index (χ4v) is 2.35. The largest absolute Gasteiger partial charge is 0.455 e. The maximum Gasteiger partial charge on any atom is 0.247 e. The molecule has 0 bridgehead atoms. The van der Waals surface area contributed by atoms with Crippen LogP contribution in [0.25, 0.3) is 0 Å². The molecule has 0 aliphatic rings. The number of hydrogen-bond acceptors (Lipinski definition) is 4.